The highest BCUT2D eigenvalue weighted by molar-refractivity contribution is 5.56. The molecule has 1 fully saturated rings. The van der Waals surface area contributed by atoms with Crippen molar-refractivity contribution in [2.75, 3.05) is 25.0 Å². The van der Waals surface area contributed by atoms with E-state index in [4.69, 9.17) is 0 Å². The summed E-state index contributed by atoms with van der Waals surface area (Å²) in [6.45, 7) is 6.76. The van der Waals surface area contributed by atoms with E-state index in [0.717, 1.165) is 6.54 Å². The summed E-state index contributed by atoms with van der Waals surface area (Å²) in [6, 6.07) is 7.26. The summed E-state index contributed by atoms with van der Waals surface area (Å²) in [5.74, 6) is 0. The van der Waals surface area contributed by atoms with E-state index in [-0.39, 0.29) is 0 Å². The normalized spacial score (nSPS) is 21.2. The summed E-state index contributed by atoms with van der Waals surface area (Å²) >= 11 is 0. The van der Waals surface area contributed by atoms with Gasteiger partial charge in [0.15, 0.2) is 0 Å². The first-order chi connectivity index (χ1) is 7.72. The molecule has 0 bridgehead atoms. The first-order valence-electron chi connectivity index (χ1n) is 6.21. The maximum atomic E-state index is 3.40. The molecular weight excluding hydrogens is 196 g/mol. The summed E-state index contributed by atoms with van der Waals surface area (Å²) in [4.78, 5) is 2.52. The van der Waals surface area contributed by atoms with E-state index in [1.807, 2.05) is 0 Å². The second kappa shape index (κ2) is 4.88. The molecule has 2 rings (SSSR count). The highest BCUT2D eigenvalue weighted by Crippen LogP contribution is 2.25. The average Bonchev–Trinajstić information content (AvgIpc) is 2.33. The molecule has 1 aromatic carbocycles. The quantitative estimate of drug-likeness (QED) is 0.820. The summed E-state index contributed by atoms with van der Waals surface area (Å²) < 4.78 is 0. The number of hydrogen-bond donors (Lipinski definition) is 1. The first kappa shape index (κ1) is 11.5. The highest BCUT2D eigenvalue weighted by atomic mass is 15.2. The monoisotopic (exact) mass is 218 g/mol. The molecule has 1 heterocycles. The SMILES string of the molecule is CNC1CCCN(c2cccc(C)c2C)C1. The van der Waals surface area contributed by atoms with E-state index in [1.165, 1.54) is 36.2 Å². The van der Waals surface area contributed by atoms with Gasteiger partial charge in [-0.25, -0.2) is 0 Å². The molecule has 0 amide bonds. The summed E-state index contributed by atoms with van der Waals surface area (Å²) in [5, 5.41) is 3.40. The van der Waals surface area contributed by atoms with Crippen molar-refractivity contribution in [2.45, 2.75) is 32.7 Å². The summed E-state index contributed by atoms with van der Waals surface area (Å²) in [5.41, 5.74) is 4.24. The number of rotatable bonds is 2. The van der Waals surface area contributed by atoms with Crippen molar-refractivity contribution in [3.05, 3.63) is 29.3 Å². The van der Waals surface area contributed by atoms with Crippen LogP contribution >= 0.6 is 0 Å². The minimum Gasteiger partial charge on any atom is -0.370 e. The van der Waals surface area contributed by atoms with Crippen LogP contribution in [0.3, 0.4) is 0 Å². The van der Waals surface area contributed by atoms with Crippen molar-refractivity contribution in [1.82, 2.24) is 5.32 Å². The van der Waals surface area contributed by atoms with Gasteiger partial charge in [0.2, 0.25) is 0 Å². The van der Waals surface area contributed by atoms with Crippen molar-refractivity contribution >= 4 is 5.69 Å². The molecule has 1 atom stereocenters. The van der Waals surface area contributed by atoms with Crippen molar-refractivity contribution < 1.29 is 0 Å². The van der Waals surface area contributed by atoms with Crippen LogP contribution in [-0.4, -0.2) is 26.2 Å². The third-order valence-corrected chi connectivity index (χ3v) is 3.75. The van der Waals surface area contributed by atoms with E-state index in [2.05, 4.69) is 49.3 Å². The Morgan fingerprint density at radius 3 is 2.88 bits per heavy atom. The Labute approximate surface area is 98.7 Å². The molecule has 0 radical (unpaired) electrons. The molecule has 2 heteroatoms. The molecule has 1 aliphatic heterocycles. The van der Waals surface area contributed by atoms with E-state index >= 15 is 0 Å². The zero-order valence-corrected chi connectivity index (χ0v) is 10.6. The van der Waals surface area contributed by atoms with Gasteiger partial charge in [0, 0.05) is 24.8 Å². The first-order valence-corrected chi connectivity index (χ1v) is 6.21. The van der Waals surface area contributed by atoms with Gasteiger partial charge in [-0.1, -0.05) is 12.1 Å². The van der Waals surface area contributed by atoms with Gasteiger partial charge in [0.1, 0.15) is 0 Å². The third kappa shape index (κ3) is 2.22. The number of nitrogens with zero attached hydrogens (tertiary/aromatic N) is 1. The minimum atomic E-state index is 0.647. The van der Waals surface area contributed by atoms with Gasteiger partial charge in [-0.15, -0.1) is 0 Å². The average molecular weight is 218 g/mol. The molecule has 0 aliphatic carbocycles. The van der Waals surface area contributed by atoms with Crippen molar-refractivity contribution in [2.24, 2.45) is 0 Å². The van der Waals surface area contributed by atoms with Crippen LogP contribution in [0.4, 0.5) is 5.69 Å². The molecular formula is C14H22N2. The Morgan fingerprint density at radius 2 is 2.12 bits per heavy atom. The molecule has 0 aromatic heterocycles. The Hall–Kier alpha value is -1.02. The zero-order valence-electron chi connectivity index (χ0n) is 10.6. The molecule has 1 aromatic rings. The smallest absolute Gasteiger partial charge is 0.0399 e. The van der Waals surface area contributed by atoms with Gasteiger partial charge < -0.3 is 10.2 Å². The summed E-state index contributed by atoms with van der Waals surface area (Å²) in [7, 11) is 2.07. The van der Waals surface area contributed by atoms with E-state index in [0.29, 0.717) is 6.04 Å². The minimum absolute atomic E-state index is 0.647. The Morgan fingerprint density at radius 1 is 1.31 bits per heavy atom. The second-order valence-electron chi connectivity index (χ2n) is 4.79. The molecule has 88 valence electrons. The standard InChI is InChI=1S/C14H22N2/c1-11-6-4-8-14(12(11)2)16-9-5-7-13(10-16)15-3/h4,6,8,13,15H,5,7,9-10H2,1-3H3. The Balaban J connectivity index is 2.20. The number of anilines is 1. The predicted octanol–water partition coefficient (Wildman–Crippen LogP) is 2.49. The largest absolute Gasteiger partial charge is 0.370 e. The Kier molecular flexibility index (Phi) is 3.49. The van der Waals surface area contributed by atoms with Crippen LogP contribution in [0, 0.1) is 13.8 Å². The second-order valence-corrected chi connectivity index (χ2v) is 4.79. The van der Waals surface area contributed by atoms with Gasteiger partial charge in [-0.2, -0.15) is 0 Å². The van der Waals surface area contributed by atoms with E-state index < -0.39 is 0 Å². The lowest BCUT2D eigenvalue weighted by molar-refractivity contribution is 0.449. The van der Waals surface area contributed by atoms with Crippen LogP contribution in [0.25, 0.3) is 0 Å². The van der Waals surface area contributed by atoms with E-state index in [1.54, 1.807) is 0 Å². The molecule has 1 aliphatic rings. The molecule has 0 spiro atoms. The number of hydrogen-bond acceptors (Lipinski definition) is 2. The fourth-order valence-electron chi connectivity index (χ4n) is 2.51. The molecule has 16 heavy (non-hydrogen) atoms. The van der Waals surface area contributed by atoms with Crippen LogP contribution < -0.4 is 10.2 Å². The number of likely N-dealkylation sites (N-methyl/N-ethyl adjacent to an activating group) is 1. The fourth-order valence-corrected chi connectivity index (χ4v) is 2.51. The predicted molar refractivity (Wildman–Crippen MR) is 70.2 cm³/mol. The van der Waals surface area contributed by atoms with Gasteiger partial charge in [0.25, 0.3) is 0 Å². The summed E-state index contributed by atoms with van der Waals surface area (Å²) in [6.07, 6.45) is 2.59. The van der Waals surface area contributed by atoms with Crippen molar-refractivity contribution in [3.8, 4) is 0 Å². The third-order valence-electron chi connectivity index (χ3n) is 3.75. The zero-order chi connectivity index (χ0) is 11.5. The van der Waals surface area contributed by atoms with Gasteiger partial charge in [-0.3, -0.25) is 0 Å². The number of aryl methyl sites for hydroxylation is 1. The maximum absolute atomic E-state index is 3.40. The lowest BCUT2D eigenvalue weighted by Gasteiger charge is -2.35. The van der Waals surface area contributed by atoms with Crippen LogP contribution in [0.5, 0.6) is 0 Å². The van der Waals surface area contributed by atoms with Gasteiger partial charge in [0.05, 0.1) is 0 Å². The molecule has 1 saturated heterocycles. The Bertz CT molecular complexity index is 360. The van der Waals surface area contributed by atoms with Crippen LogP contribution in [0.15, 0.2) is 18.2 Å². The molecule has 2 nitrogen and oxygen atoms in total. The lowest BCUT2D eigenvalue weighted by atomic mass is 10.0. The van der Waals surface area contributed by atoms with Crippen LogP contribution in [0.1, 0.15) is 24.0 Å². The van der Waals surface area contributed by atoms with Crippen molar-refractivity contribution in [3.63, 3.8) is 0 Å². The number of benzene rings is 1. The van der Waals surface area contributed by atoms with Gasteiger partial charge in [-0.05, 0) is 50.9 Å². The number of nitrogens with one attached hydrogen (secondary N) is 1. The maximum Gasteiger partial charge on any atom is 0.0399 e. The molecule has 1 unspecified atom stereocenters. The van der Waals surface area contributed by atoms with Crippen LogP contribution in [0.2, 0.25) is 0 Å². The fraction of sp³-hybridized carbons (Fsp3) is 0.571. The number of piperidine rings is 1. The van der Waals surface area contributed by atoms with Crippen molar-refractivity contribution in [1.29, 1.82) is 0 Å². The van der Waals surface area contributed by atoms with E-state index in [9.17, 15) is 0 Å². The lowest BCUT2D eigenvalue weighted by Crippen LogP contribution is -2.44. The molecule has 1 N–H and O–H groups in total. The molecule has 0 saturated carbocycles. The topological polar surface area (TPSA) is 15.3 Å². The van der Waals surface area contributed by atoms with Crippen LogP contribution in [-0.2, 0) is 0 Å². The highest BCUT2D eigenvalue weighted by Gasteiger charge is 2.19. The van der Waals surface area contributed by atoms with Gasteiger partial charge >= 0.3 is 0 Å².